The molecule has 2 aromatic rings. The van der Waals surface area contributed by atoms with E-state index in [9.17, 15) is 0 Å². The SMILES string of the molecule is CN=C(NCCCCn1ccnc1C)NC1CCCN(c2ccccc2)C1. The molecule has 0 saturated carbocycles. The lowest BCUT2D eigenvalue weighted by atomic mass is 10.1. The maximum absolute atomic E-state index is 4.40. The van der Waals surface area contributed by atoms with Gasteiger partial charge in [-0.05, 0) is 44.7 Å². The van der Waals surface area contributed by atoms with Gasteiger partial charge in [0.1, 0.15) is 5.82 Å². The van der Waals surface area contributed by atoms with Crippen LogP contribution in [0.25, 0.3) is 0 Å². The van der Waals surface area contributed by atoms with Crippen molar-refractivity contribution in [3.8, 4) is 0 Å². The Labute approximate surface area is 162 Å². The summed E-state index contributed by atoms with van der Waals surface area (Å²) in [5, 5.41) is 7.06. The Kier molecular flexibility index (Phi) is 7.13. The van der Waals surface area contributed by atoms with E-state index in [-0.39, 0.29) is 0 Å². The molecule has 2 N–H and O–H groups in total. The van der Waals surface area contributed by atoms with Crippen LogP contribution >= 0.6 is 0 Å². The molecule has 6 nitrogen and oxygen atoms in total. The van der Waals surface area contributed by atoms with Gasteiger partial charge in [0.05, 0.1) is 0 Å². The topological polar surface area (TPSA) is 57.5 Å². The summed E-state index contributed by atoms with van der Waals surface area (Å²) in [6, 6.07) is 11.1. The highest BCUT2D eigenvalue weighted by molar-refractivity contribution is 5.80. The van der Waals surface area contributed by atoms with Gasteiger partial charge in [0, 0.05) is 57.3 Å². The second kappa shape index (κ2) is 10.00. The van der Waals surface area contributed by atoms with Gasteiger partial charge >= 0.3 is 0 Å². The van der Waals surface area contributed by atoms with E-state index in [2.05, 4.69) is 60.4 Å². The van der Waals surface area contributed by atoms with Crippen molar-refractivity contribution >= 4 is 11.6 Å². The second-order valence-corrected chi connectivity index (χ2v) is 7.14. The van der Waals surface area contributed by atoms with Gasteiger partial charge in [0.15, 0.2) is 5.96 Å². The third kappa shape index (κ3) is 5.74. The summed E-state index contributed by atoms with van der Waals surface area (Å²) in [6.45, 7) is 6.15. The number of guanidine groups is 1. The van der Waals surface area contributed by atoms with E-state index in [1.807, 2.05) is 26.4 Å². The van der Waals surface area contributed by atoms with Crippen LogP contribution in [-0.2, 0) is 6.54 Å². The number of para-hydroxylation sites is 1. The van der Waals surface area contributed by atoms with Gasteiger partial charge in [-0.15, -0.1) is 0 Å². The molecular formula is C21H32N6. The summed E-state index contributed by atoms with van der Waals surface area (Å²) in [4.78, 5) is 11.1. The smallest absolute Gasteiger partial charge is 0.191 e. The average Bonchev–Trinajstić information content (AvgIpc) is 3.12. The normalized spacial score (nSPS) is 17.8. The Balaban J connectivity index is 1.38. The van der Waals surface area contributed by atoms with E-state index in [1.165, 1.54) is 18.5 Å². The Hall–Kier alpha value is -2.50. The number of nitrogens with zero attached hydrogens (tertiary/aromatic N) is 4. The van der Waals surface area contributed by atoms with Crippen LogP contribution in [0.1, 0.15) is 31.5 Å². The number of unbranched alkanes of at least 4 members (excludes halogenated alkanes) is 1. The van der Waals surface area contributed by atoms with E-state index in [1.54, 1.807) is 0 Å². The van der Waals surface area contributed by atoms with Crippen LogP contribution in [0.15, 0.2) is 47.7 Å². The first kappa shape index (κ1) is 19.3. The minimum atomic E-state index is 0.429. The molecule has 0 bridgehead atoms. The quantitative estimate of drug-likeness (QED) is 0.448. The van der Waals surface area contributed by atoms with Crippen molar-refractivity contribution < 1.29 is 0 Å². The number of imidazole rings is 1. The van der Waals surface area contributed by atoms with Crippen molar-refractivity contribution in [2.45, 2.75) is 45.2 Å². The number of aryl methyl sites for hydroxylation is 2. The first-order valence-electron chi connectivity index (χ1n) is 10.0. The highest BCUT2D eigenvalue weighted by atomic mass is 15.2. The molecule has 27 heavy (non-hydrogen) atoms. The van der Waals surface area contributed by atoms with Crippen molar-refractivity contribution in [3.63, 3.8) is 0 Å². The number of anilines is 1. The van der Waals surface area contributed by atoms with Gasteiger partial charge in [-0.1, -0.05) is 18.2 Å². The van der Waals surface area contributed by atoms with E-state index in [0.717, 1.165) is 50.8 Å². The second-order valence-electron chi connectivity index (χ2n) is 7.14. The number of aromatic nitrogens is 2. The molecular weight excluding hydrogens is 336 g/mol. The molecule has 6 heteroatoms. The van der Waals surface area contributed by atoms with Gasteiger partial charge in [-0.2, -0.15) is 0 Å². The molecule has 1 aromatic heterocycles. The first-order chi connectivity index (χ1) is 13.3. The van der Waals surface area contributed by atoms with E-state index in [4.69, 9.17) is 0 Å². The van der Waals surface area contributed by atoms with Crippen LogP contribution in [0.5, 0.6) is 0 Å². The Morgan fingerprint density at radius 2 is 2.11 bits per heavy atom. The zero-order chi connectivity index (χ0) is 18.9. The number of hydrogen-bond donors (Lipinski definition) is 2. The Morgan fingerprint density at radius 1 is 1.26 bits per heavy atom. The molecule has 1 aromatic carbocycles. The zero-order valence-electron chi connectivity index (χ0n) is 16.6. The molecule has 0 aliphatic carbocycles. The van der Waals surface area contributed by atoms with Crippen LogP contribution in [0.3, 0.4) is 0 Å². The summed E-state index contributed by atoms with van der Waals surface area (Å²) < 4.78 is 2.20. The van der Waals surface area contributed by atoms with Crippen LogP contribution in [-0.4, -0.2) is 48.2 Å². The fraction of sp³-hybridized carbons (Fsp3) is 0.524. The minimum Gasteiger partial charge on any atom is -0.369 e. The molecule has 1 aliphatic heterocycles. The first-order valence-corrected chi connectivity index (χ1v) is 10.0. The lowest BCUT2D eigenvalue weighted by Gasteiger charge is -2.35. The fourth-order valence-corrected chi connectivity index (χ4v) is 3.61. The molecule has 0 amide bonds. The van der Waals surface area contributed by atoms with E-state index >= 15 is 0 Å². The van der Waals surface area contributed by atoms with Gasteiger partial charge in [-0.3, -0.25) is 4.99 Å². The number of aliphatic imine (C=N–C) groups is 1. The number of rotatable bonds is 7. The van der Waals surface area contributed by atoms with Crippen molar-refractivity contribution in [1.82, 2.24) is 20.2 Å². The Morgan fingerprint density at radius 3 is 2.85 bits per heavy atom. The molecule has 1 atom stereocenters. The summed E-state index contributed by atoms with van der Waals surface area (Å²) in [6.07, 6.45) is 8.54. The molecule has 146 valence electrons. The van der Waals surface area contributed by atoms with Crippen molar-refractivity contribution in [3.05, 3.63) is 48.5 Å². The number of hydrogen-bond acceptors (Lipinski definition) is 3. The maximum Gasteiger partial charge on any atom is 0.191 e. The third-order valence-corrected chi connectivity index (χ3v) is 5.15. The molecule has 0 radical (unpaired) electrons. The van der Waals surface area contributed by atoms with Gasteiger partial charge in [-0.25, -0.2) is 4.98 Å². The van der Waals surface area contributed by atoms with Crippen molar-refractivity contribution in [2.24, 2.45) is 4.99 Å². The molecule has 1 fully saturated rings. The third-order valence-electron chi connectivity index (χ3n) is 5.15. The van der Waals surface area contributed by atoms with Crippen molar-refractivity contribution in [2.75, 3.05) is 31.6 Å². The van der Waals surface area contributed by atoms with Crippen LogP contribution in [0.4, 0.5) is 5.69 Å². The number of benzene rings is 1. The zero-order valence-corrected chi connectivity index (χ0v) is 16.6. The molecule has 2 heterocycles. The fourth-order valence-electron chi connectivity index (χ4n) is 3.61. The summed E-state index contributed by atoms with van der Waals surface area (Å²) in [5.74, 6) is 1.99. The van der Waals surface area contributed by atoms with E-state index < -0.39 is 0 Å². The summed E-state index contributed by atoms with van der Waals surface area (Å²) in [7, 11) is 1.85. The Bertz CT molecular complexity index is 708. The monoisotopic (exact) mass is 368 g/mol. The van der Waals surface area contributed by atoms with Crippen molar-refractivity contribution in [1.29, 1.82) is 0 Å². The minimum absolute atomic E-state index is 0.429. The number of nitrogens with one attached hydrogen (secondary N) is 2. The molecule has 1 unspecified atom stereocenters. The average molecular weight is 369 g/mol. The van der Waals surface area contributed by atoms with Crippen LogP contribution < -0.4 is 15.5 Å². The largest absolute Gasteiger partial charge is 0.369 e. The van der Waals surface area contributed by atoms with Gasteiger partial charge in [0.2, 0.25) is 0 Å². The maximum atomic E-state index is 4.40. The number of piperidine rings is 1. The predicted molar refractivity (Wildman–Crippen MR) is 112 cm³/mol. The van der Waals surface area contributed by atoms with Gasteiger partial charge < -0.3 is 20.1 Å². The molecule has 3 rings (SSSR count). The van der Waals surface area contributed by atoms with Gasteiger partial charge in [0.25, 0.3) is 0 Å². The highest BCUT2D eigenvalue weighted by Crippen LogP contribution is 2.19. The predicted octanol–water partition coefficient (Wildman–Crippen LogP) is 2.81. The van der Waals surface area contributed by atoms with Crippen LogP contribution in [0.2, 0.25) is 0 Å². The molecule has 1 saturated heterocycles. The standard InChI is InChI=1S/C21H32N6/c1-18-23-13-16-26(18)14-7-6-12-24-21(22-2)25-19-9-8-15-27(17-19)20-10-4-3-5-11-20/h3-5,10-11,13,16,19H,6-9,12,14-15,17H2,1-2H3,(H2,22,24,25). The lowest BCUT2D eigenvalue weighted by molar-refractivity contribution is 0.467. The van der Waals surface area contributed by atoms with Crippen LogP contribution in [0, 0.1) is 6.92 Å². The summed E-state index contributed by atoms with van der Waals surface area (Å²) >= 11 is 0. The lowest BCUT2D eigenvalue weighted by Crippen LogP contribution is -2.51. The summed E-state index contributed by atoms with van der Waals surface area (Å²) in [5.41, 5.74) is 1.31. The van der Waals surface area contributed by atoms with E-state index in [0.29, 0.717) is 6.04 Å². The molecule has 1 aliphatic rings. The molecule has 0 spiro atoms. The highest BCUT2D eigenvalue weighted by Gasteiger charge is 2.20.